The molecule has 17 heavy (non-hydrogen) atoms. The number of rotatable bonds is 5. The molecule has 0 aromatic carbocycles. The van der Waals surface area contributed by atoms with E-state index < -0.39 is 0 Å². The van der Waals surface area contributed by atoms with E-state index in [4.69, 9.17) is 5.73 Å². The number of hydrogen-bond acceptors (Lipinski definition) is 4. The third kappa shape index (κ3) is 2.84. The average Bonchev–Trinajstić information content (AvgIpc) is 2.95. The molecule has 2 rings (SSSR count). The number of nitrogens with two attached hydrogens (primary N) is 1. The van der Waals surface area contributed by atoms with E-state index in [1.165, 1.54) is 31.6 Å². The second kappa shape index (κ2) is 5.60. The first-order valence-electron chi connectivity index (χ1n) is 6.57. The lowest BCUT2D eigenvalue weighted by molar-refractivity contribution is 0.311. The first-order chi connectivity index (χ1) is 8.22. The molecule has 0 spiro atoms. The first-order valence-corrected chi connectivity index (χ1v) is 6.57. The molecule has 1 aromatic rings. The van der Waals surface area contributed by atoms with Gasteiger partial charge < -0.3 is 10.6 Å². The van der Waals surface area contributed by atoms with E-state index in [0.717, 1.165) is 18.8 Å². The van der Waals surface area contributed by atoms with Gasteiger partial charge in [0.1, 0.15) is 0 Å². The molecule has 2 heterocycles. The summed E-state index contributed by atoms with van der Waals surface area (Å²) in [4.78, 5) is 2.49. The highest BCUT2D eigenvalue weighted by molar-refractivity contribution is 5.13. The van der Waals surface area contributed by atoms with E-state index in [2.05, 4.69) is 29.1 Å². The zero-order chi connectivity index (χ0) is 12.3. The average molecular weight is 237 g/mol. The van der Waals surface area contributed by atoms with Gasteiger partial charge in [0, 0.05) is 13.1 Å². The zero-order valence-corrected chi connectivity index (χ0v) is 10.9. The fraction of sp³-hybridized carbons (Fsp3) is 0.833. The van der Waals surface area contributed by atoms with E-state index in [-0.39, 0.29) is 0 Å². The number of hydrogen-bond donors (Lipinski definition) is 1. The molecule has 2 N–H and O–H groups in total. The van der Waals surface area contributed by atoms with Crippen LogP contribution in [0.15, 0.2) is 0 Å². The Bertz CT molecular complexity index is 352. The molecule has 1 fully saturated rings. The molecule has 5 nitrogen and oxygen atoms in total. The number of likely N-dealkylation sites (tertiary alicyclic amines) is 1. The molecule has 1 aliphatic heterocycles. The topological polar surface area (TPSA) is 60.0 Å². The molecule has 0 saturated carbocycles. The molecule has 0 radical (unpaired) electrons. The van der Waals surface area contributed by atoms with Crippen LogP contribution in [0.25, 0.3) is 0 Å². The Labute approximate surface area is 103 Å². The second-order valence-electron chi connectivity index (χ2n) is 5.05. The van der Waals surface area contributed by atoms with Gasteiger partial charge in [0.05, 0.1) is 17.9 Å². The van der Waals surface area contributed by atoms with E-state index >= 15 is 0 Å². The minimum atomic E-state index is 0.433. The van der Waals surface area contributed by atoms with Gasteiger partial charge in [-0.05, 0) is 31.8 Å². The van der Waals surface area contributed by atoms with Crippen LogP contribution >= 0.6 is 0 Å². The van der Waals surface area contributed by atoms with Gasteiger partial charge in [0.2, 0.25) is 0 Å². The van der Waals surface area contributed by atoms with Gasteiger partial charge in [-0.1, -0.05) is 19.1 Å². The minimum Gasteiger partial charge on any atom is -0.325 e. The maximum atomic E-state index is 5.69. The summed E-state index contributed by atoms with van der Waals surface area (Å²) < 4.78 is 2.03. The SMILES string of the molecule is CC(C)c1c(CN)nnn1CCN1CCCC1. The van der Waals surface area contributed by atoms with Gasteiger partial charge in [-0.2, -0.15) is 0 Å². The first kappa shape index (κ1) is 12.5. The van der Waals surface area contributed by atoms with E-state index in [1.807, 2.05) is 4.68 Å². The zero-order valence-electron chi connectivity index (χ0n) is 10.9. The highest BCUT2D eigenvalue weighted by atomic mass is 15.4. The van der Waals surface area contributed by atoms with Crippen molar-refractivity contribution in [2.45, 2.75) is 45.7 Å². The normalized spacial score (nSPS) is 17.2. The van der Waals surface area contributed by atoms with Crippen LogP contribution < -0.4 is 5.73 Å². The van der Waals surface area contributed by atoms with Crippen LogP contribution in [-0.4, -0.2) is 39.5 Å². The lowest BCUT2D eigenvalue weighted by Crippen LogP contribution is -2.25. The van der Waals surface area contributed by atoms with Crippen LogP contribution in [0.3, 0.4) is 0 Å². The lowest BCUT2D eigenvalue weighted by Gasteiger charge is -2.16. The largest absolute Gasteiger partial charge is 0.325 e. The van der Waals surface area contributed by atoms with E-state index in [1.54, 1.807) is 0 Å². The second-order valence-corrected chi connectivity index (χ2v) is 5.05. The summed E-state index contributed by atoms with van der Waals surface area (Å²) in [5.41, 5.74) is 7.84. The third-order valence-electron chi connectivity index (χ3n) is 3.41. The summed E-state index contributed by atoms with van der Waals surface area (Å²) in [5.74, 6) is 0.433. The summed E-state index contributed by atoms with van der Waals surface area (Å²) in [6.07, 6.45) is 2.67. The minimum absolute atomic E-state index is 0.433. The van der Waals surface area contributed by atoms with Gasteiger partial charge in [-0.25, -0.2) is 4.68 Å². The van der Waals surface area contributed by atoms with Crippen LogP contribution in [0, 0.1) is 0 Å². The van der Waals surface area contributed by atoms with Crippen LogP contribution in [0.2, 0.25) is 0 Å². The van der Waals surface area contributed by atoms with Crippen molar-refractivity contribution >= 4 is 0 Å². The fourth-order valence-corrected chi connectivity index (χ4v) is 2.54. The maximum Gasteiger partial charge on any atom is 0.0997 e. The molecule has 0 bridgehead atoms. The molecular weight excluding hydrogens is 214 g/mol. The van der Waals surface area contributed by atoms with Gasteiger partial charge in [-0.3, -0.25) is 0 Å². The quantitative estimate of drug-likeness (QED) is 0.828. The lowest BCUT2D eigenvalue weighted by atomic mass is 10.1. The van der Waals surface area contributed by atoms with Gasteiger partial charge in [-0.15, -0.1) is 5.10 Å². The molecule has 1 aromatic heterocycles. The maximum absolute atomic E-state index is 5.69. The smallest absolute Gasteiger partial charge is 0.0997 e. The molecule has 96 valence electrons. The van der Waals surface area contributed by atoms with Crippen molar-refractivity contribution in [1.29, 1.82) is 0 Å². The highest BCUT2D eigenvalue weighted by Gasteiger charge is 2.16. The summed E-state index contributed by atoms with van der Waals surface area (Å²) in [6.45, 7) is 9.30. The monoisotopic (exact) mass is 237 g/mol. The van der Waals surface area contributed by atoms with Crippen molar-refractivity contribution in [3.8, 4) is 0 Å². The van der Waals surface area contributed by atoms with Gasteiger partial charge in [0.15, 0.2) is 0 Å². The molecule has 0 amide bonds. The van der Waals surface area contributed by atoms with E-state index in [9.17, 15) is 0 Å². The van der Waals surface area contributed by atoms with Gasteiger partial charge >= 0.3 is 0 Å². The molecule has 1 saturated heterocycles. The van der Waals surface area contributed by atoms with Crippen LogP contribution in [0.1, 0.15) is 44.0 Å². The molecule has 0 unspecified atom stereocenters. The van der Waals surface area contributed by atoms with Crippen molar-refractivity contribution in [1.82, 2.24) is 19.9 Å². The van der Waals surface area contributed by atoms with Crippen LogP contribution in [0.4, 0.5) is 0 Å². The Morgan fingerprint density at radius 2 is 1.94 bits per heavy atom. The number of aromatic nitrogens is 3. The van der Waals surface area contributed by atoms with Crippen molar-refractivity contribution < 1.29 is 0 Å². The Morgan fingerprint density at radius 1 is 1.24 bits per heavy atom. The molecular formula is C12H23N5. The van der Waals surface area contributed by atoms with Crippen LogP contribution in [-0.2, 0) is 13.1 Å². The Hall–Kier alpha value is -0.940. The molecule has 0 aliphatic carbocycles. The standard InChI is InChI=1S/C12H23N5/c1-10(2)12-11(9-13)14-15-17(12)8-7-16-5-3-4-6-16/h10H,3-9,13H2,1-2H3. The van der Waals surface area contributed by atoms with Crippen molar-refractivity contribution in [2.24, 2.45) is 5.73 Å². The molecule has 1 aliphatic rings. The molecule has 0 atom stereocenters. The Balaban J connectivity index is 2.01. The van der Waals surface area contributed by atoms with Crippen molar-refractivity contribution in [3.05, 3.63) is 11.4 Å². The van der Waals surface area contributed by atoms with Crippen molar-refractivity contribution in [3.63, 3.8) is 0 Å². The van der Waals surface area contributed by atoms with E-state index in [0.29, 0.717) is 12.5 Å². The molecule has 5 heteroatoms. The van der Waals surface area contributed by atoms with Crippen molar-refractivity contribution in [2.75, 3.05) is 19.6 Å². The third-order valence-corrected chi connectivity index (χ3v) is 3.41. The Morgan fingerprint density at radius 3 is 2.53 bits per heavy atom. The number of nitrogens with zero attached hydrogens (tertiary/aromatic N) is 4. The summed E-state index contributed by atoms with van der Waals surface area (Å²) in [7, 11) is 0. The highest BCUT2D eigenvalue weighted by Crippen LogP contribution is 2.17. The predicted octanol–water partition coefficient (Wildman–Crippen LogP) is 0.956. The fourth-order valence-electron chi connectivity index (χ4n) is 2.54. The summed E-state index contributed by atoms with van der Waals surface area (Å²) in [5, 5.41) is 8.40. The summed E-state index contributed by atoms with van der Waals surface area (Å²) in [6, 6.07) is 0. The predicted molar refractivity (Wildman–Crippen MR) is 67.7 cm³/mol. The van der Waals surface area contributed by atoms with Crippen LogP contribution in [0.5, 0.6) is 0 Å². The summed E-state index contributed by atoms with van der Waals surface area (Å²) >= 11 is 0. The Kier molecular flexibility index (Phi) is 4.12. The van der Waals surface area contributed by atoms with Gasteiger partial charge in [0.25, 0.3) is 0 Å².